The van der Waals surface area contributed by atoms with Crippen LogP contribution in [-0.4, -0.2) is 54.8 Å². The van der Waals surface area contributed by atoms with Crippen molar-refractivity contribution in [3.05, 3.63) is 27.8 Å². The first-order chi connectivity index (χ1) is 10.1. The molecule has 1 saturated heterocycles. The molecule has 1 heterocycles. The highest BCUT2D eigenvalue weighted by Gasteiger charge is 2.17. The Bertz CT molecular complexity index is 501. The predicted octanol–water partition coefficient (Wildman–Crippen LogP) is 1.15. The van der Waals surface area contributed by atoms with Gasteiger partial charge in [0, 0.05) is 37.8 Å². The van der Waals surface area contributed by atoms with Crippen LogP contribution in [0.25, 0.3) is 0 Å². The van der Waals surface area contributed by atoms with Crippen molar-refractivity contribution in [1.29, 1.82) is 0 Å². The van der Waals surface area contributed by atoms with E-state index in [1.165, 1.54) is 19.2 Å². The molecule has 0 unspecified atom stereocenters. The number of nitro groups is 1. The third kappa shape index (κ3) is 4.05. The average molecular weight is 295 g/mol. The van der Waals surface area contributed by atoms with Crippen LogP contribution in [0.4, 0.5) is 5.69 Å². The normalized spacial score (nSPS) is 15.9. The molecule has 0 radical (unpaired) electrons. The highest BCUT2D eigenvalue weighted by molar-refractivity contribution is 5.53. The lowest BCUT2D eigenvalue weighted by Gasteiger charge is -2.27. The first kappa shape index (κ1) is 15.5. The van der Waals surface area contributed by atoms with E-state index in [9.17, 15) is 15.2 Å². The van der Waals surface area contributed by atoms with Crippen LogP contribution in [0, 0.1) is 10.1 Å². The van der Waals surface area contributed by atoms with Crippen LogP contribution in [0.5, 0.6) is 11.5 Å². The van der Waals surface area contributed by atoms with Crippen LogP contribution >= 0.6 is 0 Å². The number of rotatable bonds is 6. The van der Waals surface area contributed by atoms with Crippen molar-refractivity contribution in [2.75, 3.05) is 39.8 Å². The van der Waals surface area contributed by atoms with Crippen molar-refractivity contribution in [3.8, 4) is 11.5 Å². The number of nitrogens with zero attached hydrogens (tertiary/aromatic N) is 2. The van der Waals surface area contributed by atoms with Crippen LogP contribution in [0.3, 0.4) is 0 Å². The van der Waals surface area contributed by atoms with Crippen molar-refractivity contribution in [2.45, 2.75) is 12.8 Å². The zero-order valence-electron chi connectivity index (χ0n) is 12.2. The second-order valence-electron chi connectivity index (χ2n) is 5.11. The number of hydrogen-bond donors (Lipinski definition) is 2. The standard InChI is InChI=1S/C14H21N3O4/c1-21-13-10-12(17(19)20)9-11(14(13)18)3-2-6-16-7-4-15-5-8-16/h9-10,15,18H,2-8H2,1H3. The first-order valence-corrected chi connectivity index (χ1v) is 7.09. The lowest BCUT2D eigenvalue weighted by atomic mass is 10.1. The average Bonchev–Trinajstić information content (AvgIpc) is 2.49. The summed E-state index contributed by atoms with van der Waals surface area (Å²) in [5, 5.41) is 24.3. The minimum Gasteiger partial charge on any atom is -0.504 e. The molecule has 0 atom stereocenters. The molecule has 1 aromatic rings. The third-order valence-electron chi connectivity index (χ3n) is 3.70. The molecule has 21 heavy (non-hydrogen) atoms. The number of aromatic hydroxyl groups is 1. The van der Waals surface area contributed by atoms with Gasteiger partial charge in [0.2, 0.25) is 0 Å². The molecule has 2 N–H and O–H groups in total. The smallest absolute Gasteiger partial charge is 0.273 e. The molecular formula is C14H21N3O4. The second-order valence-corrected chi connectivity index (χ2v) is 5.11. The van der Waals surface area contributed by atoms with Gasteiger partial charge in [0.25, 0.3) is 5.69 Å². The Hall–Kier alpha value is -1.86. The number of benzene rings is 1. The summed E-state index contributed by atoms with van der Waals surface area (Å²) in [5.41, 5.74) is 0.512. The van der Waals surface area contributed by atoms with Crippen molar-refractivity contribution in [3.63, 3.8) is 0 Å². The van der Waals surface area contributed by atoms with Gasteiger partial charge in [-0.25, -0.2) is 0 Å². The number of hydrogen-bond acceptors (Lipinski definition) is 6. The molecule has 7 nitrogen and oxygen atoms in total. The summed E-state index contributed by atoms with van der Waals surface area (Å²) in [5.74, 6) is 0.157. The van der Waals surface area contributed by atoms with E-state index in [-0.39, 0.29) is 17.2 Å². The first-order valence-electron chi connectivity index (χ1n) is 7.09. The number of phenolic OH excluding ortho intramolecular Hbond substituents is 1. The Morgan fingerprint density at radius 1 is 1.43 bits per heavy atom. The number of nitrogens with one attached hydrogen (secondary N) is 1. The van der Waals surface area contributed by atoms with Crippen molar-refractivity contribution >= 4 is 5.69 Å². The van der Waals surface area contributed by atoms with E-state index in [0.29, 0.717) is 12.0 Å². The van der Waals surface area contributed by atoms with E-state index in [2.05, 4.69) is 10.2 Å². The third-order valence-corrected chi connectivity index (χ3v) is 3.70. The molecule has 1 aliphatic rings. The van der Waals surface area contributed by atoms with Gasteiger partial charge in [-0.05, 0) is 19.4 Å². The number of aryl methyl sites for hydroxylation is 1. The molecule has 0 aliphatic carbocycles. The number of phenols is 1. The summed E-state index contributed by atoms with van der Waals surface area (Å²) in [6.07, 6.45) is 1.44. The maximum Gasteiger partial charge on any atom is 0.273 e. The lowest BCUT2D eigenvalue weighted by Crippen LogP contribution is -2.43. The van der Waals surface area contributed by atoms with Gasteiger partial charge in [-0.1, -0.05) is 0 Å². The number of piperazine rings is 1. The van der Waals surface area contributed by atoms with E-state index in [0.717, 1.165) is 39.1 Å². The molecular weight excluding hydrogens is 274 g/mol. The van der Waals surface area contributed by atoms with E-state index >= 15 is 0 Å². The SMILES string of the molecule is COc1cc([N+](=O)[O-])cc(CCCN2CCNCC2)c1O. The fraction of sp³-hybridized carbons (Fsp3) is 0.571. The summed E-state index contributed by atoms with van der Waals surface area (Å²) >= 11 is 0. The highest BCUT2D eigenvalue weighted by Crippen LogP contribution is 2.35. The number of nitro benzene ring substituents is 1. The van der Waals surface area contributed by atoms with Crippen LogP contribution in [0.1, 0.15) is 12.0 Å². The zero-order valence-corrected chi connectivity index (χ0v) is 12.2. The maximum atomic E-state index is 10.9. The highest BCUT2D eigenvalue weighted by atomic mass is 16.6. The van der Waals surface area contributed by atoms with Gasteiger partial charge >= 0.3 is 0 Å². The quantitative estimate of drug-likeness (QED) is 0.604. The Labute approximate surface area is 123 Å². The molecule has 0 aromatic heterocycles. The maximum absolute atomic E-state index is 10.9. The molecule has 7 heteroatoms. The molecule has 1 aromatic carbocycles. The molecule has 0 amide bonds. The minimum absolute atomic E-state index is 0.00316. The number of ether oxygens (including phenoxy) is 1. The topological polar surface area (TPSA) is 87.9 Å². The van der Waals surface area contributed by atoms with E-state index in [1.54, 1.807) is 0 Å². The summed E-state index contributed by atoms with van der Waals surface area (Å²) in [7, 11) is 1.39. The Kier molecular flexibility index (Phi) is 5.35. The molecule has 0 saturated carbocycles. The second kappa shape index (κ2) is 7.24. The van der Waals surface area contributed by atoms with Gasteiger partial charge < -0.3 is 20.1 Å². The minimum atomic E-state index is -0.470. The van der Waals surface area contributed by atoms with Crippen LogP contribution < -0.4 is 10.1 Å². The molecule has 1 aliphatic heterocycles. The van der Waals surface area contributed by atoms with Gasteiger partial charge in [0.05, 0.1) is 18.1 Å². The fourth-order valence-electron chi connectivity index (χ4n) is 2.53. The van der Waals surface area contributed by atoms with Crippen molar-refractivity contribution < 1.29 is 14.8 Å². The van der Waals surface area contributed by atoms with Gasteiger partial charge in [-0.15, -0.1) is 0 Å². The van der Waals surface area contributed by atoms with E-state index in [4.69, 9.17) is 4.74 Å². The molecule has 2 rings (SSSR count). The summed E-state index contributed by atoms with van der Waals surface area (Å²) in [6.45, 7) is 4.95. The van der Waals surface area contributed by atoms with Crippen molar-refractivity contribution in [2.24, 2.45) is 0 Å². The molecule has 0 bridgehead atoms. The molecule has 1 fully saturated rings. The summed E-state index contributed by atoms with van der Waals surface area (Å²) < 4.78 is 5.00. The van der Waals surface area contributed by atoms with Gasteiger partial charge in [-0.3, -0.25) is 10.1 Å². The number of methoxy groups -OCH3 is 1. The van der Waals surface area contributed by atoms with Crippen LogP contribution in [0.15, 0.2) is 12.1 Å². The van der Waals surface area contributed by atoms with Gasteiger partial charge in [-0.2, -0.15) is 0 Å². The Morgan fingerprint density at radius 2 is 2.14 bits per heavy atom. The Balaban J connectivity index is 2.00. The monoisotopic (exact) mass is 295 g/mol. The zero-order chi connectivity index (χ0) is 15.2. The van der Waals surface area contributed by atoms with Gasteiger partial charge in [0.15, 0.2) is 11.5 Å². The Morgan fingerprint density at radius 3 is 2.76 bits per heavy atom. The lowest BCUT2D eigenvalue weighted by molar-refractivity contribution is -0.385. The van der Waals surface area contributed by atoms with Crippen molar-refractivity contribution in [1.82, 2.24) is 10.2 Å². The molecule has 0 spiro atoms. The summed E-state index contributed by atoms with van der Waals surface area (Å²) in [6, 6.07) is 2.67. The van der Waals surface area contributed by atoms with E-state index < -0.39 is 4.92 Å². The van der Waals surface area contributed by atoms with Gasteiger partial charge in [0.1, 0.15) is 0 Å². The van der Waals surface area contributed by atoms with Crippen LogP contribution in [-0.2, 0) is 6.42 Å². The van der Waals surface area contributed by atoms with Crippen LogP contribution in [0.2, 0.25) is 0 Å². The fourth-order valence-corrected chi connectivity index (χ4v) is 2.53. The molecule has 116 valence electrons. The van der Waals surface area contributed by atoms with E-state index in [1.807, 2.05) is 0 Å². The summed E-state index contributed by atoms with van der Waals surface area (Å²) in [4.78, 5) is 12.8. The number of non-ortho nitro benzene ring substituents is 1. The predicted molar refractivity (Wildman–Crippen MR) is 78.9 cm³/mol. The largest absolute Gasteiger partial charge is 0.504 e.